The van der Waals surface area contributed by atoms with Crippen LogP contribution in [-0.4, -0.2) is 44.3 Å². The molecule has 0 bridgehead atoms. The predicted octanol–water partition coefficient (Wildman–Crippen LogP) is 4.09. The molecule has 0 saturated carbocycles. The Morgan fingerprint density at radius 3 is 2.56 bits per heavy atom. The summed E-state index contributed by atoms with van der Waals surface area (Å²) in [6.07, 6.45) is -0.406. The number of benzene rings is 1. The molecule has 7 nitrogen and oxygen atoms in total. The normalized spacial score (nSPS) is 19.1. The van der Waals surface area contributed by atoms with E-state index in [9.17, 15) is 14.7 Å². The molecule has 0 saturated heterocycles. The largest absolute Gasteiger partial charge is 0.465 e. The van der Waals surface area contributed by atoms with Crippen LogP contribution in [0.1, 0.15) is 50.7 Å². The van der Waals surface area contributed by atoms with Crippen molar-refractivity contribution < 1.29 is 14.7 Å². The second-order valence-corrected chi connectivity index (χ2v) is 8.35. The highest BCUT2D eigenvalue weighted by Crippen LogP contribution is 2.43. The molecule has 1 aromatic heterocycles. The van der Waals surface area contributed by atoms with Crippen LogP contribution in [0, 0.1) is 6.92 Å². The van der Waals surface area contributed by atoms with Crippen LogP contribution in [0.25, 0.3) is 10.6 Å². The second kappa shape index (κ2) is 7.26. The van der Waals surface area contributed by atoms with Crippen LogP contribution in [-0.2, 0) is 4.79 Å². The molecule has 3 rings (SSSR count). The topological polar surface area (TPSA) is 86.6 Å². The molecular formula is C19H24N4O3S. The van der Waals surface area contributed by atoms with Gasteiger partial charge in [0.05, 0.1) is 6.04 Å². The van der Waals surface area contributed by atoms with Crippen molar-refractivity contribution in [1.29, 1.82) is 0 Å². The highest BCUT2D eigenvalue weighted by Gasteiger charge is 2.38. The molecule has 144 valence electrons. The van der Waals surface area contributed by atoms with Crippen molar-refractivity contribution in [3.8, 4) is 10.6 Å². The average Bonchev–Trinajstić information content (AvgIpc) is 3.00. The molecule has 0 spiro atoms. The molecule has 27 heavy (non-hydrogen) atoms. The van der Waals surface area contributed by atoms with Gasteiger partial charge in [0.1, 0.15) is 10.0 Å². The minimum absolute atomic E-state index is 0.0480. The maximum absolute atomic E-state index is 12.3. The van der Waals surface area contributed by atoms with E-state index in [4.69, 9.17) is 0 Å². The standard InChI is InChI=1S/C19H24N4O3S/c1-10(2)22(19(25)26)17-8-11(3)23(13(5)24)16-7-6-14(9-15(16)17)18-21-20-12(4)27-18/h6-7,9-11,17H,8H2,1-5H3,(H,25,26)/t11-,17+/m0/s1. The Hall–Kier alpha value is -2.48. The molecule has 0 aliphatic carbocycles. The lowest BCUT2D eigenvalue weighted by atomic mass is 9.88. The van der Waals surface area contributed by atoms with Crippen molar-refractivity contribution in [3.05, 3.63) is 28.8 Å². The highest BCUT2D eigenvalue weighted by atomic mass is 32.1. The van der Waals surface area contributed by atoms with Crippen molar-refractivity contribution in [1.82, 2.24) is 15.1 Å². The van der Waals surface area contributed by atoms with Crippen molar-refractivity contribution in [2.24, 2.45) is 0 Å². The van der Waals surface area contributed by atoms with Crippen molar-refractivity contribution >= 4 is 29.0 Å². The van der Waals surface area contributed by atoms with E-state index in [2.05, 4.69) is 10.2 Å². The molecule has 2 aromatic rings. The third-order valence-electron chi connectivity index (χ3n) is 4.88. The number of nitrogens with zero attached hydrogens (tertiary/aromatic N) is 4. The van der Waals surface area contributed by atoms with Crippen molar-refractivity contribution in [3.63, 3.8) is 0 Å². The van der Waals surface area contributed by atoms with Gasteiger partial charge in [-0.15, -0.1) is 10.2 Å². The molecule has 2 heterocycles. The van der Waals surface area contributed by atoms with E-state index in [1.165, 1.54) is 16.2 Å². The summed E-state index contributed by atoms with van der Waals surface area (Å²) in [5.74, 6) is -0.0480. The zero-order chi connectivity index (χ0) is 19.9. The lowest BCUT2D eigenvalue weighted by Gasteiger charge is -2.43. The molecule has 0 fully saturated rings. The number of hydrogen-bond donors (Lipinski definition) is 1. The lowest BCUT2D eigenvalue weighted by Crippen LogP contribution is -2.48. The molecule has 2 amide bonds. The molecule has 1 aromatic carbocycles. The molecular weight excluding hydrogens is 364 g/mol. The van der Waals surface area contributed by atoms with Gasteiger partial charge < -0.3 is 10.0 Å². The van der Waals surface area contributed by atoms with E-state index in [1.807, 2.05) is 45.9 Å². The van der Waals surface area contributed by atoms with Gasteiger partial charge in [-0.25, -0.2) is 4.79 Å². The summed E-state index contributed by atoms with van der Waals surface area (Å²) in [4.78, 5) is 27.4. The number of fused-ring (bicyclic) bond motifs is 1. The number of aryl methyl sites for hydroxylation is 1. The van der Waals surface area contributed by atoms with E-state index < -0.39 is 6.09 Å². The van der Waals surface area contributed by atoms with Gasteiger partial charge in [0.25, 0.3) is 0 Å². The summed E-state index contributed by atoms with van der Waals surface area (Å²) in [5, 5.41) is 19.7. The first-order valence-corrected chi connectivity index (χ1v) is 9.77. The van der Waals surface area contributed by atoms with Gasteiger partial charge in [-0.05, 0) is 57.9 Å². The minimum atomic E-state index is -0.957. The van der Waals surface area contributed by atoms with Crippen LogP contribution in [0.5, 0.6) is 0 Å². The Kier molecular flexibility index (Phi) is 5.19. The zero-order valence-corrected chi connectivity index (χ0v) is 16.9. The van der Waals surface area contributed by atoms with E-state index in [0.29, 0.717) is 6.42 Å². The number of carboxylic acid groups (broad SMARTS) is 1. The maximum Gasteiger partial charge on any atom is 0.408 e. The van der Waals surface area contributed by atoms with E-state index in [0.717, 1.165) is 26.8 Å². The number of aromatic nitrogens is 2. The fourth-order valence-corrected chi connectivity index (χ4v) is 4.53. The van der Waals surface area contributed by atoms with Gasteiger partial charge in [-0.2, -0.15) is 0 Å². The predicted molar refractivity (Wildman–Crippen MR) is 105 cm³/mol. The van der Waals surface area contributed by atoms with E-state index in [1.54, 1.807) is 11.8 Å². The first kappa shape index (κ1) is 19.3. The molecule has 0 radical (unpaired) electrons. The monoisotopic (exact) mass is 388 g/mol. The molecule has 1 aliphatic heterocycles. The van der Waals surface area contributed by atoms with Gasteiger partial charge in [0.2, 0.25) is 5.91 Å². The summed E-state index contributed by atoms with van der Waals surface area (Å²) in [7, 11) is 0. The summed E-state index contributed by atoms with van der Waals surface area (Å²) in [6, 6.07) is 5.19. The Morgan fingerprint density at radius 1 is 1.33 bits per heavy atom. The summed E-state index contributed by atoms with van der Waals surface area (Å²) < 4.78 is 0. The minimum Gasteiger partial charge on any atom is -0.465 e. The fourth-order valence-electron chi connectivity index (χ4n) is 3.84. The smallest absolute Gasteiger partial charge is 0.408 e. The van der Waals surface area contributed by atoms with Crippen LogP contribution < -0.4 is 4.90 Å². The zero-order valence-electron chi connectivity index (χ0n) is 16.1. The maximum atomic E-state index is 12.3. The summed E-state index contributed by atoms with van der Waals surface area (Å²) >= 11 is 1.49. The average molecular weight is 388 g/mol. The van der Waals surface area contributed by atoms with Crippen LogP contribution in [0.2, 0.25) is 0 Å². The molecule has 1 N–H and O–H groups in total. The van der Waals surface area contributed by atoms with Gasteiger partial charge in [0.15, 0.2) is 0 Å². The number of hydrogen-bond acceptors (Lipinski definition) is 5. The molecule has 1 aliphatic rings. The van der Waals surface area contributed by atoms with Gasteiger partial charge in [-0.3, -0.25) is 9.69 Å². The fraction of sp³-hybridized carbons (Fsp3) is 0.474. The van der Waals surface area contributed by atoms with Crippen LogP contribution in [0.3, 0.4) is 0 Å². The van der Waals surface area contributed by atoms with Crippen LogP contribution >= 0.6 is 11.3 Å². The van der Waals surface area contributed by atoms with Crippen LogP contribution in [0.15, 0.2) is 18.2 Å². The first-order valence-electron chi connectivity index (χ1n) is 8.96. The first-order chi connectivity index (χ1) is 12.7. The molecule has 0 unspecified atom stereocenters. The van der Waals surface area contributed by atoms with E-state index >= 15 is 0 Å². The van der Waals surface area contributed by atoms with Crippen molar-refractivity contribution in [2.45, 2.75) is 59.2 Å². The molecule has 8 heteroatoms. The Labute approximate surface area is 162 Å². The van der Waals surface area contributed by atoms with E-state index in [-0.39, 0.29) is 24.0 Å². The third-order valence-corrected chi connectivity index (χ3v) is 5.76. The Morgan fingerprint density at radius 2 is 2.04 bits per heavy atom. The Bertz CT molecular complexity index is 880. The number of carbonyl (C=O) groups is 2. The quantitative estimate of drug-likeness (QED) is 0.856. The third kappa shape index (κ3) is 3.53. The SMILES string of the molecule is CC(=O)N1c2ccc(-c3nnc(C)s3)cc2[C@H](N(C(=O)O)C(C)C)C[C@@H]1C. The van der Waals surface area contributed by atoms with Crippen molar-refractivity contribution in [2.75, 3.05) is 4.90 Å². The number of anilines is 1. The van der Waals surface area contributed by atoms with Gasteiger partial charge in [-0.1, -0.05) is 11.3 Å². The Balaban J connectivity index is 2.17. The summed E-state index contributed by atoms with van der Waals surface area (Å²) in [5.41, 5.74) is 2.49. The number of rotatable bonds is 3. The lowest BCUT2D eigenvalue weighted by molar-refractivity contribution is -0.117. The molecule has 2 atom stereocenters. The van der Waals surface area contributed by atoms with Gasteiger partial charge in [0, 0.05) is 30.3 Å². The second-order valence-electron chi connectivity index (χ2n) is 7.17. The van der Waals surface area contributed by atoms with Crippen LogP contribution in [0.4, 0.5) is 10.5 Å². The number of carbonyl (C=O) groups excluding carboxylic acids is 1. The summed E-state index contributed by atoms with van der Waals surface area (Å²) in [6.45, 7) is 9.13. The highest BCUT2D eigenvalue weighted by molar-refractivity contribution is 7.14. The number of amides is 2. The van der Waals surface area contributed by atoms with Gasteiger partial charge >= 0.3 is 6.09 Å².